The zero-order chi connectivity index (χ0) is 17.9. The van der Waals surface area contributed by atoms with Crippen LogP contribution in [0.25, 0.3) is 21.9 Å². The van der Waals surface area contributed by atoms with Crippen molar-refractivity contribution in [2.75, 3.05) is 13.7 Å². The number of hydrogen-bond donors (Lipinski definition) is 1. The normalized spacial score (nSPS) is 11.1. The Morgan fingerprint density at radius 3 is 2.73 bits per heavy atom. The third-order valence-corrected chi connectivity index (χ3v) is 4.31. The summed E-state index contributed by atoms with van der Waals surface area (Å²) in [5.74, 6) is 1.60. The highest BCUT2D eigenvalue weighted by molar-refractivity contribution is 5.97. The second kappa shape index (κ2) is 6.96. The van der Waals surface area contributed by atoms with Crippen LogP contribution >= 0.6 is 0 Å². The molecule has 0 radical (unpaired) electrons. The number of fused-ring (bicyclic) bond motifs is 2. The van der Waals surface area contributed by atoms with Gasteiger partial charge in [-0.15, -0.1) is 0 Å². The summed E-state index contributed by atoms with van der Waals surface area (Å²) in [4.78, 5) is 12.3. The molecular formula is C21H19NO4. The van der Waals surface area contributed by atoms with Gasteiger partial charge < -0.3 is 18.9 Å². The molecule has 0 aliphatic carbocycles. The summed E-state index contributed by atoms with van der Waals surface area (Å²) in [5.41, 5.74) is 1.48. The van der Waals surface area contributed by atoms with Crippen LogP contribution in [0.4, 0.5) is 0 Å². The number of carbonyl (C=O) groups is 1. The Kier molecular flexibility index (Phi) is 4.35. The van der Waals surface area contributed by atoms with Gasteiger partial charge in [-0.05, 0) is 30.7 Å². The minimum Gasteiger partial charge on any atom is -0.493 e. The summed E-state index contributed by atoms with van der Waals surface area (Å²) in [6.07, 6.45) is 1.55. The Balaban J connectivity index is 1.35. The Morgan fingerprint density at radius 2 is 1.88 bits per heavy atom. The van der Waals surface area contributed by atoms with E-state index in [0.29, 0.717) is 17.9 Å². The predicted octanol–water partition coefficient (Wildman–Crippen LogP) is 4.55. The molecule has 4 aromatic rings. The van der Waals surface area contributed by atoms with Crippen LogP contribution in [0.3, 0.4) is 0 Å². The van der Waals surface area contributed by atoms with E-state index in [0.717, 1.165) is 35.0 Å². The maximum atomic E-state index is 12.3. The van der Waals surface area contributed by atoms with E-state index in [2.05, 4.69) is 5.32 Å². The van der Waals surface area contributed by atoms with E-state index in [1.54, 1.807) is 19.2 Å². The van der Waals surface area contributed by atoms with Crippen LogP contribution in [0.2, 0.25) is 0 Å². The average molecular weight is 349 g/mol. The standard InChI is InChI=1S/C21H19NO4/c1-24-18-10-4-7-15-13-19(26-20(15)18)21(23)22-11-5-8-16-12-14-6-2-3-9-17(14)25-16/h2-4,6-7,9-10,12-13H,5,8,11H2,1H3,(H,22,23). The van der Waals surface area contributed by atoms with Crippen LogP contribution in [-0.4, -0.2) is 19.6 Å². The van der Waals surface area contributed by atoms with Crippen LogP contribution in [0, 0.1) is 0 Å². The molecule has 0 aliphatic rings. The molecule has 0 fully saturated rings. The monoisotopic (exact) mass is 349 g/mol. The molecule has 0 aliphatic heterocycles. The van der Waals surface area contributed by atoms with E-state index in [4.69, 9.17) is 13.6 Å². The van der Waals surface area contributed by atoms with Gasteiger partial charge in [-0.3, -0.25) is 4.79 Å². The van der Waals surface area contributed by atoms with Gasteiger partial charge in [0.15, 0.2) is 17.1 Å². The first kappa shape index (κ1) is 16.3. The molecule has 4 rings (SSSR count). The summed E-state index contributed by atoms with van der Waals surface area (Å²) in [7, 11) is 1.58. The smallest absolute Gasteiger partial charge is 0.287 e. The number of furan rings is 2. The molecule has 0 saturated heterocycles. The Hall–Kier alpha value is -3.21. The topological polar surface area (TPSA) is 64.6 Å². The highest BCUT2D eigenvalue weighted by Crippen LogP contribution is 2.28. The maximum Gasteiger partial charge on any atom is 0.287 e. The van der Waals surface area contributed by atoms with Gasteiger partial charge in [0, 0.05) is 23.7 Å². The number of amides is 1. The number of hydrogen-bond acceptors (Lipinski definition) is 4. The first-order valence-electron chi connectivity index (χ1n) is 8.57. The number of methoxy groups -OCH3 is 1. The van der Waals surface area contributed by atoms with E-state index in [9.17, 15) is 4.79 Å². The van der Waals surface area contributed by atoms with Crippen molar-refractivity contribution in [3.63, 3.8) is 0 Å². The number of nitrogens with one attached hydrogen (secondary N) is 1. The minimum atomic E-state index is -0.229. The Morgan fingerprint density at radius 1 is 1.04 bits per heavy atom. The number of ether oxygens (including phenoxy) is 1. The Bertz CT molecular complexity index is 1030. The summed E-state index contributed by atoms with van der Waals surface area (Å²) >= 11 is 0. The molecule has 0 bridgehead atoms. The van der Waals surface area contributed by atoms with Gasteiger partial charge in [-0.25, -0.2) is 0 Å². The van der Waals surface area contributed by atoms with Crippen molar-refractivity contribution in [3.8, 4) is 5.75 Å². The van der Waals surface area contributed by atoms with Gasteiger partial charge >= 0.3 is 0 Å². The van der Waals surface area contributed by atoms with E-state index in [1.807, 2.05) is 42.5 Å². The van der Waals surface area contributed by atoms with E-state index < -0.39 is 0 Å². The van der Waals surface area contributed by atoms with Crippen LogP contribution < -0.4 is 10.1 Å². The van der Waals surface area contributed by atoms with Crippen molar-refractivity contribution in [2.24, 2.45) is 0 Å². The molecule has 5 heteroatoms. The first-order valence-corrected chi connectivity index (χ1v) is 8.57. The van der Waals surface area contributed by atoms with Gasteiger partial charge in [0.1, 0.15) is 11.3 Å². The molecule has 0 unspecified atom stereocenters. The summed E-state index contributed by atoms with van der Waals surface area (Å²) in [6, 6.07) is 17.3. The van der Waals surface area contributed by atoms with Crippen LogP contribution in [0.5, 0.6) is 5.75 Å². The van der Waals surface area contributed by atoms with Gasteiger partial charge in [-0.2, -0.15) is 0 Å². The fraction of sp³-hybridized carbons (Fsp3) is 0.190. The minimum absolute atomic E-state index is 0.229. The molecule has 0 spiro atoms. The third-order valence-electron chi connectivity index (χ3n) is 4.31. The van der Waals surface area contributed by atoms with Crippen molar-refractivity contribution in [1.29, 1.82) is 0 Å². The average Bonchev–Trinajstić information content (AvgIpc) is 3.28. The quantitative estimate of drug-likeness (QED) is 0.519. The largest absolute Gasteiger partial charge is 0.493 e. The highest BCUT2D eigenvalue weighted by atomic mass is 16.5. The summed E-state index contributed by atoms with van der Waals surface area (Å²) < 4.78 is 16.7. The predicted molar refractivity (Wildman–Crippen MR) is 99.6 cm³/mol. The van der Waals surface area contributed by atoms with Crippen molar-refractivity contribution in [1.82, 2.24) is 5.32 Å². The molecule has 26 heavy (non-hydrogen) atoms. The van der Waals surface area contributed by atoms with Crippen molar-refractivity contribution >= 4 is 27.8 Å². The second-order valence-electron chi connectivity index (χ2n) is 6.10. The highest BCUT2D eigenvalue weighted by Gasteiger charge is 2.14. The van der Waals surface area contributed by atoms with Crippen LogP contribution in [0.15, 0.2) is 63.4 Å². The number of para-hydroxylation sites is 2. The Labute approximate surface area is 150 Å². The van der Waals surface area contributed by atoms with Crippen LogP contribution in [-0.2, 0) is 6.42 Å². The number of carbonyl (C=O) groups excluding carboxylic acids is 1. The molecule has 2 heterocycles. The van der Waals surface area contributed by atoms with Crippen molar-refractivity contribution in [2.45, 2.75) is 12.8 Å². The molecule has 0 saturated carbocycles. The third kappa shape index (κ3) is 3.16. The van der Waals surface area contributed by atoms with E-state index >= 15 is 0 Å². The number of aryl methyl sites for hydroxylation is 1. The molecule has 2 aromatic carbocycles. The lowest BCUT2D eigenvalue weighted by Gasteiger charge is -2.02. The molecule has 0 atom stereocenters. The lowest BCUT2D eigenvalue weighted by atomic mass is 10.2. The van der Waals surface area contributed by atoms with Crippen molar-refractivity contribution < 1.29 is 18.4 Å². The molecule has 1 N–H and O–H groups in total. The van der Waals surface area contributed by atoms with Crippen molar-refractivity contribution in [3.05, 3.63) is 66.1 Å². The lowest BCUT2D eigenvalue weighted by molar-refractivity contribution is 0.0927. The molecular weight excluding hydrogens is 330 g/mol. The second-order valence-corrected chi connectivity index (χ2v) is 6.10. The molecule has 132 valence electrons. The summed E-state index contributed by atoms with van der Waals surface area (Å²) in [6.45, 7) is 0.546. The number of rotatable bonds is 6. The van der Waals surface area contributed by atoms with E-state index in [-0.39, 0.29) is 11.7 Å². The molecule has 2 aromatic heterocycles. The SMILES string of the molecule is COc1cccc2cc(C(=O)NCCCc3cc4ccccc4o3)oc12. The number of benzene rings is 2. The lowest BCUT2D eigenvalue weighted by Crippen LogP contribution is -2.24. The zero-order valence-corrected chi connectivity index (χ0v) is 14.5. The van der Waals surface area contributed by atoms with Crippen LogP contribution in [0.1, 0.15) is 22.7 Å². The van der Waals surface area contributed by atoms with Gasteiger partial charge in [0.05, 0.1) is 7.11 Å². The molecule has 5 nitrogen and oxygen atoms in total. The fourth-order valence-corrected chi connectivity index (χ4v) is 3.02. The fourth-order valence-electron chi connectivity index (χ4n) is 3.02. The first-order chi connectivity index (χ1) is 12.7. The van der Waals surface area contributed by atoms with Gasteiger partial charge in [-0.1, -0.05) is 30.3 Å². The molecule has 1 amide bonds. The maximum absolute atomic E-state index is 12.3. The zero-order valence-electron chi connectivity index (χ0n) is 14.5. The van der Waals surface area contributed by atoms with Gasteiger partial charge in [0.2, 0.25) is 0 Å². The summed E-state index contributed by atoms with van der Waals surface area (Å²) in [5, 5.41) is 4.83. The van der Waals surface area contributed by atoms with E-state index in [1.165, 1.54) is 0 Å². The van der Waals surface area contributed by atoms with Gasteiger partial charge in [0.25, 0.3) is 5.91 Å².